The van der Waals surface area contributed by atoms with Gasteiger partial charge in [-0.1, -0.05) is 81.4 Å². The van der Waals surface area contributed by atoms with Crippen LogP contribution in [0.2, 0.25) is 0 Å². The predicted molar refractivity (Wildman–Crippen MR) is 151 cm³/mol. The Morgan fingerprint density at radius 2 is 1.42 bits per heavy atom. The van der Waals surface area contributed by atoms with E-state index >= 15 is 0 Å². The van der Waals surface area contributed by atoms with Crippen LogP contribution in [0.4, 0.5) is 5.69 Å². The monoisotopic (exact) mass is 535 g/mol. The Morgan fingerprint density at radius 3 is 1.97 bits per heavy atom. The molecule has 3 rings (SSSR count). The first kappa shape index (κ1) is 28.9. The Balaban J connectivity index is 2.02. The summed E-state index contributed by atoms with van der Waals surface area (Å²) >= 11 is 0. The maximum absolute atomic E-state index is 14.0. The third-order valence-electron chi connectivity index (χ3n) is 6.37. The average molecular weight is 536 g/mol. The molecule has 0 aliphatic heterocycles. The molecule has 0 unspecified atom stereocenters. The van der Waals surface area contributed by atoms with E-state index in [0.29, 0.717) is 18.7 Å². The van der Waals surface area contributed by atoms with Gasteiger partial charge in [0, 0.05) is 13.1 Å². The number of aryl methyl sites for hydroxylation is 1. The molecule has 0 radical (unpaired) electrons. The molecule has 0 bridgehead atoms. The molecule has 0 saturated carbocycles. The minimum absolute atomic E-state index is 0.0923. The first-order valence-electron chi connectivity index (χ1n) is 13.1. The maximum Gasteiger partial charge on any atom is 0.264 e. The van der Waals surface area contributed by atoms with Gasteiger partial charge in [0.15, 0.2) is 0 Å². The van der Waals surface area contributed by atoms with Gasteiger partial charge in [-0.15, -0.1) is 0 Å². The number of sulfonamides is 1. The highest BCUT2D eigenvalue weighted by Gasteiger charge is 2.33. The minimum atomic E-state index is -4.06. The van der Waals surface area contributed by atoms with Crippen molar-refractivity contribution in [3.05, 3.63) is 96.1 Å². The first-order chi connectivity index (χ1) is 18.3. The van der Waals surface area contributed by atoms with E-state index in [4.69, 9.17) is 0 Å². The van der Waals surface area contributed by atoms with Crippen molar-refractivity contribution >= 4 is 27.5 Å². The van der Waals surface area contributed by atoms with Crippen LogP contribution in [0.15, 0.2) is 89.8 Å². The van der Waals surface area contributed by atoms with Gasteiger partial charge in [-0.3, -0.25) is 13.9 Å². The standard InChI is InChI=1S/C30H37N3O4S/c1-4-21-31-30(35)28(6-3)32(22-25-13-9-7-10-14-25)29(34)23-33(26-19-17-24(5-2)18-20-26)38(36,37)27-15-11-8-12-16-27/h7-20,28H,4-6,21-23H2,1-3H3,(H,31,35)/t28-/m1/s1. The lowest BCUT2D eigenvalue weighted by molar-refractivity contribution is -0.140. The second kappa shape index (κ2) is 13.8. The third-order valence-corrected chi connectivity index (χ3v) is 8.16. The van der Waals surface area contributed by atoms with Crippen LogP contribution >= 0.6 is 0 Å². The Bertz CT molecular complexity index is 1280. The van der Waals surface area contributed by atoms with E-state index in [-0.39, 0.29) is 17.3 Å². The Morgan fingerprint density at radius 1 is 0.816 bits per heavy atom. The van der Waals surface area contributed by atoms with Gasteiger partial charge in [-0.2, -0.15) is 0 Å². The zero-order valence-corrected chi connectivity index (χ0v) is 23.2. The fraction of sp³-hybridized carbons (Fsp3) is 0.333. The number of anilines is 1. The fourth-order valence-corrected chi connectivity index (χ4v) is 5.65. The summed E-state index contributed by atoms with van der Waals surface area (Å²) in [5, 5.41) is 2.89. The van der Waals surface area contributed by atoms with Gasteiger partial charge in [0.2, 0.25) is 11.8 Å². The van der Waals surface area contributed by atoms with Gasteiger partial charge in [0.1, 0.15) is 12.6 Å². The van der Waals surface area contributed by atoms with Crippen molar-refractivity contribution in [3.8, 4) is 0 Å². The van der Waals surface area contributed by atoms with Crippen molar-refractivity contribution in [2.45, 2.75) is 57.5 Å². The van der Waals surface area contributed by atoms with E-state index in [1.54, 1.807) is 30.3 Å². The number of nitrogens with one attached hydrogen (secondary N) is 1. The smallest absolute Gasteiger partial charge is 0.264 e. The Labute approximate surface area is 226 Å². The van der Waals surface area contributed by atoms with Gasteiger partial charge in [-0.05, 0) is 54.7 Å². The molecule has 0 saturated heterocycles. The highest BCUT2D eigenvalue weighted by atomic mass is 32.2. The molecule has 0 aromatic heterocycles. The number of benzene rings is 3. The van der Waals surface area contributed by atoms with Gasteiger partial charge < -0.3 is 10.2 Å². The van der Waals surface area contributed by atoms with Crippen molar-refractivity contribution in [2.75, 3.05) is 17.4 Å². The number of carbonyl (C=O) groups excluding carboxylic acids is 2. The van der Waals surface area contributed by atoms with Crippen molar-refractivity contribution in [1.29, 1.82) is 0 Å². The first-order valence-corrected chi connectivity index (χ1v) is 14.5. The SMILES string of the molecule is CCCNC(=O)[C@@H](CC)N(Cc1ccccc1)C(=O)CN(c1ccc(CC)cc1)S(=O)(=O)c1ccccc1. The molecule has 202 valence electrons. The molecule has 2 amide bonds. The second-order valence-corrected chi connectivity index (χ2v) is 10.9. The van der Waals surface area contributed by atoms with Gasteiger partial charge >= 0.3 is 0 Å². The molecule has 3 aromatic rings. The predicted octanol–water partition coefficient (Wildman–Crippen LogP) is 4.78. The zero-order valence-electron chi connectivity index (χ0n) is 22.3. The van der Waals surface area contributed by atoms with Crippen LogP contribution in [0.3, 0.4) is 0 Å². The number of amides is 2. The van der Waals surface area contributed by atoms with E-state index in [2.05, 4.69) is 5.32 Å². The van der Waals surface area contributed by atoms with Crippen LogP contribution in [0.25, 0.3) is 0 Å². The maximum atomic E-state index is 14.0. The number of hydrogen-bond acceptors (Lipinski definition) is 4. The molecule has 0 spiro atoms. The Kier molecular flexibility index (Phi) is 10.5. The molecule has 0 heterocycles. The van der Waals surface area contributed by atoms with Gasteiger partial charge in [0.25, 0.3) is 10.0 Å². The summed E-state index contributed by atoms with van der Waals surface area (Å²) in [6.07, 6.45) is 1.97. The summed E-state index contributed by atoms with van der Waals surface area (Å²) in [5.41, 5.74) is 2.30. The van der Waals surface area contributed by atoms with E-state index < -0.39 is 28.5 Å². The van der Waals surface area contributed by atoms with Crippen molar-refractivity contribution in [3.63, 3.8) is 0 Å². The largest absolute Gasteiger partial charge is 0.354 e. The van der Waals surface area contributed by atoms with Gasteiger partial charge in [-0.25, -0.2) is 8.42 Å². The van der Waals surface area contributed by atoms with E-state index in [1.807, 2.05) is 63.2 Å². The molecule has 8 heteroatoms. The zero-order chi connectivity index (χ0) is 27.5. The molecule has 38 heavy (non-hydrogen) atoms. The molecule has 3 aromatic carbocycles. The molecule has 0 fully saturated rings. The molecule has 1 atom stereocenters. The van der Waals surface area contributed by atoms with Crippen LogP contribution in [-0.2, 0) is 32.6 Å². The molecule has 7 nitrogen and oxygen atoms in total. The highest BCUT2D eigenvalue weighted by Crippen LogP contribution is 2.25. The van der Waals surface area contributed by atoms with Crippen LogP contribution in [0.1, 0.15) is 44.7 Å². The normalized spacial score (nSPS) is 12.0. The van der Waals surface area contributed by atoms with Crippen LogP contribution in [-0.4, -0.2) is 44.3 Å². The summed E-state index contributed by atoms with van der Waals surface area (Å²) < 4.78 is 28.7. The number of carbonyl (C=O) groups is 2. The quantitative estimate of drug-likeness (QED) is 0.341. The van der Waals surface area contributed by atoms with Crippen LogP contribution in [0, 0.1) is 0 Å². The summed E-state index contributed by atoms with van der Waals surface area (Å²) in [4.78, 5) is 28.6. The fourth-order valence-electron chi connectivity index (χ4n) is 4.21. The van der Waals surface area contributed by atoms with E-state index in [0.717, 1.165) is 28.3 Å². The summed E-state index contributed by atoms with van der Waals surface area (Å²) in [6.45, 7) is 6.08. The van der Waals surface area contributed by atoms with Crippen LogP contribution in [0.5, 0.6) is 0 Å². The van der Waals surface area contributed by atoms with Gasteiger partial charge in [0.05, 0.1) is 10.6 Å². The lowest BCUT2D eigenvalue weighted by Gasteiger charge is -2.33. The number of hydrogen-bond donors (Lipinski definition) is 1. The Hall–Kier alpha value is -3.65. The molecular weight excluding hydrogens is 498 g/mol. The third kappa shape index (κ3) is 7.22. The summed E-state index contributed by atoms with van der Waals surface area (Å²) in [7, 11) is -4.06. The lowest BCUT2D eigenvalue weighted by atomic mass is 10.1. The van der Waals surface area contributed by atoms with Crippen LogP contribution < -0.4 is 9.62 Å². The second-order valence-electron chi connectivity index (χ2n) is 9.07. The minimum Gasteiger partial charge on any atom is -0.354 e. The van der Waals surface area contributed by atoms with E-state index in [9.17, 15) is 18.0 Å². The number of nitrogens with zero attached hydrogens (tertiary/aromatic N) is 2. The van der Waals surface area contributed by atoms with Crippen molar-refractivity contribution in [1.82, 2.24) is 10.2 Å². The summed E-state index contributed by atoms with van der Waals surface area (Å²) in [5.74, 6) is -0.699. The molecular formula is C30H37N3O4S. The average Bonchev–Trinajstić information content (AvgIpc) is 2.95. The topological polar surface area (TPSA) is 86.8 Å². The van der Waals surface area contributed by atoms with Crippen molar-refractivity contribution in [2.24, 2.45) is 0 Å². The van der Waals surface area contributed by atoms with Crippen molar-refractivity contribution < 1.29 is 18.0 Å². The molecule has 0 aliphatic carbocycles. The molecule has 1 N–H and O–H groups in total. The lowest BCUT2D eigenvalue weighted by Crippen LogP contribution is -2.52. The highest BCUT2D eigenvalue weighted by molar-refractivity contribution is 7.92. The molecule has 0 aliphatic rings. The summed E-state index contributed by atoms with van der Waals surface area (Å²) in [6, 6.07) is 23.9. The van der Waals surface area contributed by atoms with E-state index in [1.165, 1.54) is 17.0 Å². The number of rotatable bonds is 13.